The van der Waals surface area contributed by atoms with Gasteiger partial charge in [0.05, 0.1) is 0 Å². The van der Waals surface area contributed by atoms with Crippen molar-refractivity contribution in [1.29, 1.82) is 0 Å². The van der Waals surface area contributed by atoms with Crippen LogP contribution < -0.4 is 25.5 Å². The topological polar surface area (TPSA) is 258 Å². The molecule has 10 nitrogen and oxygen atoms in total. The molecule has 0 aromatic rings. The Labute approximate surface area is 144 Å². The van der Waals surface area contributed by atoms with E-state index >= 15 is 0 Å². The van der Waals surface area contributed by atoms with E-state index in [1.807, 2.05) is 0 Å². The Morgan fingerprint density at radius 1 is 0.278 bits per heavy atom. The molecule has 0 aliphatic heterocycles. The van der Waals surface area contributed by atoms with Crippen molar-refractivity contribution >= 4 is 0 Å². The Kier molecular flexibility index (Phi) is 27100. The molecule has 0 unspecified atom stereocenters. The molecule has 0 bridgehead atoms. The van der Waals surface area contributed by atoms with Crippen LogP contribution in [0.25, 0.3) is 0 Å². The first kappa shape index (κ1) is 162. The largest absolute Gasteiger partial charge is 5.00 e. The smallest absolute Gasteiger partial charge is 2.00 e. The monoisotopic (exact) mass is 388 g/mol. The molecule has 0 aromatic heterocycles. The van der Waals surface area contributed by atoms with Gasteiger partial charge in [0.25, 0.3) is 0 Å². The van der Waals surface area contributed by atoms with Gasteiger partial charge in [-0.1, -0.05) is 0 Å². The second-order valence-electron chi connectivity index (χ2n) is 0. The average molecular weight is 388 g/mol. The van der Waals surface area contributed by atoms with Gasteiger partial charge in [0, 0.05) is 0 Å². The van der Waals surface area contributed by atoms with E-state index < -0.39 is 0 Å². The molecule has 0 fully saturated rings. The summed E-state index contributed by atoms with van der Waals surface area (Å²) in [4.78, 5) is 0. The van der Waals surface area contributed by atoms with E-state index in [-0.39, 0.29) is 83.0 Å². The van der Waals surface area contributed by atoms with Crippen molar-refractivity contribution in [3.8, 4) is 0 Å². The first-order valence-corrected chi connectivity index (χ1v) is 2.04. The minimum absolute atomic E-state index is 0. The predicted octanol–water partition coefficient (Wildman–Crippen LogP) is -5.72. The normalized spacial score (nSPS) is 1.67. The van der Waals surface area contributed by atoms with E-state index in [4.69, 9.17) is 25.5 Å². The number of hydrogen-bond donors (Lipinski definition) is 0. The third-order valence-electron chi connectivity index (χ3n) is 0. The SMILES string of the molecule is C[O-].C[O-].C[O-].C[O-].C[O-].[O-2].[O-2].[O-2].[O-2].[O-2].[V+5].[V+5].[V+5]. The van der Waals surface area contributed by atoms with Gasteiger partial charge in [0.15, 0.2) is 0 Å². The summed E-state index contributed by atoms with van der Waals surface area (Å²) >= 11 is 0. The molecule has 0 aliphatic rings. The predicted molar refractivity (Wildman–Crippen MR) is 33.1 cm³/mol. The minimum Gasteiger partial charge on any atom is -2.00 e. The van der Waals surface area contributed by atoms with Crippen LogP contribution in [0.2, 0.25) is 0 Å². The second-order valence-corrected chi connectivity index (χ2v) is 0. The van der Waals surface area contributed by atoms with Crippen LogP contribution in [-0.2, 0) is 83.0 Å². The molecule has 0 amide bonds. The molecule has 0 rings (SSSR count). The Bertz CT molecular complexity index is 25.5. The summed E-state index contributed by atoms with van der Waals surface area (Å²) in [6.45, 7) is 0. The maximum Gasteiger partial charge on any atom is 5.00 e. The van der Waals surface area contributed by atoms with Crippen molar-refractivity contribution in [2.75, 3.05) is 35.5 Å². The van der Waals surface area contributed by atoms with Gasteiger partial charge in [-0.2, -0.15) is 35.5 Å². The van der Waals surface area contributed by atoms with Gasteiger partial charge in [-0.05, 0) is 0 Å². The number of hydrogen-bond acceptors (Lipinski definition) is 5. The van der Waals surface area contributed by atoms with Crippen molar-refractivity contribution in [3.63, 3.8) is 0 Å². The molecule has 0 radical (unpaired) electrons. The molecular formula is C5H15O10V3. The van der Waals surface area contributed by atoms with Crippen molar-refractivity contribution in [2.24, 2.45) is 0 Å². The summed E-state index contributed by atoms with van der Waals surface area (Å²) in [6, 6.07) is 0. The molecule has 0 spiro atoms. The molecule has 0 aromatic carbocycles. The van der Waals surface area contributed by atoms with E-state index in [1.54, 1.807) is 0 Å². The summed E-state index contributed by atoms with van der Waals surface area (Å²) in [7, 11) is 3.75. The summed E-state index contributed by atoms with van der Waals surface area (Å²) in [6.07, 6.45) is 0. The minimum atomic E-state index is 0. The van der Waals surface area contributed by atoms with Crippen LogP contribution in [0.15, 0.2) is 0 Å². The van der Waals surface area contributed by atoms with Crippen LogP contribution in [0.5, 0.6) is 0 Å². The van der Waals surface area contributed by atoms with Crippen LogP contribution in [0, 0.1) is 0 Å². The van der Waals surface area contributed by atoms with Crippen LogP contribution in [0.1, 0.15) is 0 Å². The Hall–Kier alpha value is 1.35. The Morgan fingerprint density at radius 3 is 0.278 bits per heavy atom. The standard InChI is InChI=1S/5CH3O.5O.3V/c5*1-2;;;;;;;;/h5*1H3;;;;;;;;/q5*-1;5*-2;3*+5. The van der Waals surface area contributed by atoms with Crippen LogP contribution >= 0.6 is 0 Å². The van der Waals surface area contributed by atoms with Gasteiger partial charge in [-0.25, -0.2) is 0 Å². The quantitative estimate of drug-likeness (QED) is 0.391. The van der Waals surface area contributed by atoms with Crippen molar-refractivity contribution in [1.82, 2.24) is 0 Å². The fourth-order valence-electron chi connectivity index (χ4n) is 0. The maximum atomic E-state index is 8.25. The summed E-state index contributed by atoms with van der Waals surface area (Å²) in [5, 5.41) is 41.2. The van der Waals surface area contributed by atoms with E-state index in [9.17, 15) is 0 Å². The third kappa shape index (κ3) is 2530. The zero-order chi connectivity index (χ0) is 10.0. The van der Waals surface area contributed by atoms with Gasteiger partial charge >= 0.3 is 55.7 Å². The van der Waals surface area contributed by atoms with Gasteiger partial charge in [0.2, 0.25) is 0 Å². The molecular weight excluding hydrogens is 373 g/mol. The first-order chi connectivity index (χ1) is 5.00. The third-order valence-corrected chi connectivity index (χ3v) is 0. The fraction of sp³-hybridized carbons (Fsp3) is 1.00. The van der Waals surface area contributed by atoms with Crippen molar-refractivity contribution in [2.45, 2.75) is 0 Å². The second kappa shape index (κ2) is 3020. The van der Waals surface area contributed by atoms with Gasteiger partial charge in [-0.15, -0.1) is 0 Å². The molecule has 0 saturated carbocycles. The van der Waals surface area contributed by atoms with Gasteiger partial charge in [0.1, 0.15) is 0 Å². The molecule has 0 aliphatic carbocycles. The molecule has 0 N–H and O–H groups in total. The molecule has 0 heterocycles. The first-order valence-electron chi connectivity index (χ1n) is 2.04. The number of rotatable bonds is 0. The molecule has 0 saturated heterocycles. The van der Waals surface area contributed by atoms with Crippen LogP contribution in [-0.4, -0.2) is 35.5 Å². The van der Waals surface area contributed by atoms with Crippen molar-refractivity contribution in [3.05, 3.63) is 0 Å². The van der Waals surface area contributed by atoms with E-state index in [2.05, 4.69) is 0 Å². The summed E-state index contributed by atoms with van der Waals surface area (Å²) in [5.74, 6) is 0. The van der Waals surface area contributed by atoms with E-state index in [0.29, 0.717) is 0 Å². The zero-order valence-electron chi connectivity index (χ0n) is 10.4. The van der Waals surface area contributed by atoms with Crippen LogP contribution in [0.4, 0.5) is 0 Å². The molecule has 0 atom stereocenters. The van der Waals surface area contributed by atoms with Gasteiger partial charge < -0.3 is 52.9 Å². The summed E-state index contributed by atoms with van der Waals surface area (Å²) < 4.78 is 0. The Morgan fingerprint density at radius 2 is 0.278 bits per heavy atom. The molecule has 13 heteroatoms. The molecule has 18 heavy (non-hydrogen) atoms. The summed E-state index contributed by atoms with van der Waals surface area (Å²) in [5.41, 5.74) is 0. The van der Waals surface area contributed by atoms with Gasteiger partial charge in [-0.3, -0.25) is 0 Å². The van der Waals surface area contributed by atoms with Crippen LogP contribution in [0.3, 0.4) is 0 Å². The maximum absolute atomic E-state index is 8.25. The fourth-order valence-corrected chi connectivity index (χ4v) is 0. The van der Waals surface area contributed by atoms with E-state index in [1.165, 1.54) is 0 Å². The van der Waals surface area contributed by atoms with Crippen molar-refractivity contribution < 1.29 is 109 Å². The zero-order valence-corrected chi connectivity index (χ0v) is 14.6. The molecule has 110 valence electrons. The average Bonchev–Trinajstić information content (AvgIpc) is 2.20. The van der Waals surface area contributed by atoms with E-state index in [0.717, 1.165) is 35.5 Å². The Balaban J connectivity index is -0.00000000142.